The number of rotatable bonds is 0. The van der Waals surface area contributed by atoms with Gasteiger partial charge in [-0.2, -0.15) is 0 Å². The highest BCUT2D eigenvalue weighted by atomic mass is 16.6. The van der Waals surface area contributed by atoms with E-state index < -0.39 is 0 Å². The van der Waals surface area contributed by atoms with Crippen LogP contribution in [0.5, 0.6) is 11.5 Å². The summed E-state index contributed by atoms with van der Waals surface area (Å²) in [5.41, 5.74) is 0. The van der Waals surface area contributed by atoms with E-state index >= 15 is 0 Å². The second-order valence-corrected chi connectivity index (χ2v) is 4.43. The molecule has 2 rings (SSSR count). The topological polar surface area (TPSA) is 36.9 Å². The first-order valence-corrected chi connectivity index (χ1v) is 6.97. The molecule has 1 aromatic carbocycles. The summed E-state index contributed by atoms with van der Waals surface area (Å²) in [7, 11) is 0. The highest BCUT2D eigenvalue weighted by Crippen LogP contribution is 2.26. The van der Waals surface area contributed by atoms with Crippen LogP contribution in [0.4, 0.5) is 0 Å². The van der Waals surface area contributed by atoms with Gasteiger partial charge in [0.1, 0.15) is 6.61 Å². The normalized spacial score (nSPS) is 19.2. The maximum absolute atomic E-state index is 5.76. The number of para-hydroxylation sites is 2. The third kappa shape index (κ3) is 5.49. The van der Waals surface area contributed by atoms with Crippen molar-refractivity contribution in [1.29, 1.82) is 0 Å². The molecule has 106 valence electrons. The molecule has 1 aromatic rings. The van der Waals surface area contributed by atoms with Gasteiger partial charge in [0.05, 0.1) is 26.4 Å². The first kappa shape index (κ1) is 14.2. The molecule has 0 radical (unpaired) electrons. The van der Waals surface area contributed by atoms with Crippen molar-refractivity contribution in [2.75, 3.05) is 39.6 Å². The maximum atomic E-state index is 5.76. The standard InChI is InChI=1S/C15H22O4/c1-4-8-16-10-11-17-12-13-19-15-7-3-2-6-14(15)18-9-5-1/h2-3,6-7H,1,4-5,8-13H2. The van der Waals surface area contributed by atoms with Gasteiger partial charge in [-0.3, -0.25) is 0 Å². The van der Waals surface area contributed by atoms with Gasteiger partial charge >= 0.3 is 0 Å². The van der Waals surface area contributed by atoms with E-state index in [9.17, 15) is 0 Å². The number of hydrogen-bond acceptors (Lipinski definition) is 4. The zero-order chi connectivity index (χ0) is 13.2. The summed E-state index contributed by atoms with van der Waals surface area (Å²) in [5, 5.41) is 0. The lowest BCUT2D eigenvalue weighted by Crippen LogP contribution is -2.11. The summed E-state index contributed by atoms with van der Waals surface area (Å²) in [4.78, 5) is 0. The van der Waals surface area contributed by atoms with E-state index in [1.54, 1.807) is 0 Å². The molecule has 0 saturated heterocycles. The third-order valence-electron chi connectivity index (χ3n) is 2.90. The Labute approximate surface area is 114 Å². The summed E-state index contributed by atoms with van der Waals surface area (Å²) in [6.45, 7) is 3.90. The predicted molar refractivity (Wildman–Crippen MR) is 72.9 cm³/mol. The van der Waals surface area contributed by atoms with Gasteiger partial charge in [0.25, 0.3) is 0 Å². The predicted octanol–water partition coefficient (Wildman–Crippen LogP) is 2.66. The Balaban J connectivity index is 1.87. The Kier molecular flexibility index (Phi) is 6.54. The van der Waals surface area contributed by atoms with Crippen LogP contribution in [0.15, 0.2) is 24.3 Å². The van der Waals surface area contributed by atoms with Crippen LogP contribution in [-0.2, 0) is 9.47 Å². The molecule has 1 aliphatic rings. The molecule has 1 aliphatic heterocycles. The molecule has 0 amide bonds. The molecular formula is C15H22O4. The molecule has 0 fully saturated rings. The van der Waals surface area contributed by atoms with E-state index in [2.05, 4.69) is 0 Å². The van der Waals surface area contributed by atoms with E-state index in [1.807, 2.05) is 24.3 Å². The van der Waals surface area contributed by atoms with Crippen molar-refractivity contribution >= 4 is 0 Å². The lowest BCUT2D eigenvalue weighted by Gasteiger charge is -2.12. The summed E-state index contributed by atoms with van der Waals surface area (Å²) < 4.78 is 22.3. The Bertz CT molecular complexity index is 321. The van der Waals surface area contributed by atoms with Crippen LogP contribution >= 0.6 is 0 Å². The zero-order valence-corrected chi connectivity index (χ0v) is 11.3. The van der Waals surface area contributed by atoms with Gasteiger partial charge in [-0.15, -0.1) is 0 Å². The summed E-state index contributed by atoms with van der Waals surface area (Å²) >= 11 is 0. The van der Waals surface area contributed by atoms with Crippen LogP contribution in [0.1, 0.15) is 19.3 Å². The minimum absolute atomic E-state index is 0.528. The van der Waals surface area contributed by atoms with Crippen molar-refractivity contribution in [3.63, 3.8) is 0 Å². The number of hydrogen-bond donors (Lipinski definition) is 0. The molecule has 0 N–H and O–H groups in total. The maximum Gasteiger partial charge on any atom is 0.161 e. The van der Waals surface area contributed by atoms with Crippen LogP contribution in [-0.4, -0.2) is 39.6 Å². The minimum atomic E-state index is 0.528. The molecule has 0 spiro atoms. The summed E-state index contributed by atoms with van der Waals surface area (Å²) in [5.74, 6) is 1.60. The molecule has 0 unspecified atom stereocenters. The molecule has 4 nitrogen and oxygen atoms in total. The van der Waals surface area contributed by atoms with Crippen molar-refractivity contribution in [2.45, 2.75) is 19.3 Å². The summed E-state index contributed by atoms with van der Waals surface area (Å²) in [6.07, 6.45) is 3.22. The molecular weight excluding hydrogens is 244 g/mol. The van der Waals surface area contributed by atoms with Gasteiger partial charge < -0.3 is 18.9 Å². The number of ether oxygens (including phenoxy) is 4. The summed E-state index contributed by atoms with van der Waals surface area (Å²) in [6, 6.07) is 7.78. The van der Waals surface area contributed by atoms with E-state index in [0.29, 0.717) is 26.4 Å². The average molecular weight is 266 g/mol. The monoisotopic (exact) mass is 266 g/mol. The van der Waals surface area contributed by atoms with Crippen LogP contribution in [0, 0.1) is 0 Å². The second-order valence-electron chi connectivity index (χ2n) is 4.43. The smallest absolute Gasteiger partial charge is 0.161 e. The molecule has 1 heterocycles. The van der Waals surface area contributed by atoms with Gasteiger partial charge in [-0.25, -0.2) is 0 Å². The molecule has 19 heavy (non-hydrogen) atoms. The molecule has 0 aromatic heterocycles. The molecule has 0 saturated carbocycles. The van der Waals surface area contributed by atoms with Crippen molar-refractivity contribution in [1.82, 2.24) is 0 Å². The SMILES string of the molecule is c1ccc2c(c1)OCCCCCOCCOCCO2. The van der Waals surface area contributed by atoms with Crippen LogP contribution in [0.25, 0.3) is 0 Å². The van der Waals surface area contributed by atoms with E-state index in [1.165, 1.54) is 0 Å². The van der Waals surface area contributed by atoms with Gasteiger partial charge in [-0.1, -0.05) is 12.1 Å². The Morgan fingerprint density at radius 1 is 0.579 bits per heavy atom. The van der Waals surface area contributed by atoms with Crippen LogP contribution in [0.3, 0.4) is 0 Å². The Hall–Kier alpha value is -1.26. The highest BCUT2D eigenvalue weighted by Gasteiger charge is 2.04. The van der Waals surface area contributed by atoms with Crippen molar-refractivity contribution < 1.29 is 18.9 Å². The van der Waals surface area contributed by atoms with Gasteiger partial charge in [-0.05, 0) is 31.4 Å². The van der Waals surface area contributed by atoms with Gasteiger partial charge in [0.15, 0.2) is 11.5 Å². The van der Waals surface area contributed by atoms with Gasteiger partial charge in [0, 0.05) is 6.61 Å². The fourth-order valence-electron chi connectivity index (χ4n) is 1.89. The van der Waals surface area contributed by atoms with Crippen molar-refractivity contribution in [3.8, 4) is 11.5 Å². The minimum Gasteiger partial charge on any atom is -0.490 e. The van der Waals surface area contributed by atoms with E-state index in [0.717, 1.165) is 44.0 Å². The fourth-order valence-corrected chi connectivity index (χ4v) is 1.89. The van der Waals surface area contributed by atoms with E-state index in [-0.39, 0.29) is 0 Å². The van der Waals surface area contributed by atoms with Gasteiger partial charge in [0.2, 0.25) is 0 Å². The lowest BCUT2D eigenvalue weighted by molar-refractivity contribution is 0.0354. The van der Waals surface area contributed by atoms with Crippen LogP contribution < -0.4 is 9.47 Å². The molecule has 0 bridgehead atoms. The largest absolute Gasteiger partial charge is 0.490 e. The van der Waals surface area contributed by atoms with Crippen molar-refractivity contribution in [3.05, 3.63) is 24.3 Å². The lowest BCUT2D eigenvalue weighted by atomic mass is 10.2. The van der Waals surface area contributed by atoms with Crippen LogP contribution in [0.2, 0.25) is 0 Å². The third-order valence-corrected chi connectivity index (χ3v) is 2.90. The Morgan fingerprint density at radius 2 is 1.16 bits per heavy atom. The van der Waals surface area contributed by atoms with E-state index in [4.69, 9.17) is 18.9 Å². The number of fused-ring (bicyclic) bond motifs is 1. The fraction of sp³-hybridized carbons (Fsp3) is 0.600. The number of benzene rings is 1. The molecule has 0 atom stereocenters. The van der Waals surface area contributed by atoms with Crippen molar-refractivity contribution in [2.24, 2.45) is 0 Å². The molecule has 4 heteroatoms. The second kappa shape index (κ2) is 8.77. The first-order valence-electron chi connectivity index (χ1n) is 6.97. The quantitative estimate of drug-likeness (QED) is 0.723. The highest BCUT2D eigenvalue weighted by molar-refractivity contribution is 5.39. The average Bonchev–Trinajstić information content (AvgIpc) is 2.45. The molecule has 0 aliphatic carbocycles. The zero-order valence-electron chi connectivity index (χ0n) is 11.3. The Morgan fingerprint density at radius 3 is 1.95 bits per heavy atom. The first-order chi connectivity index (χ1) is 9.47.